The van der Waals surface area contributed by atoms with Crippen molar-refractivity contribution in [2.75, 3.05) is 14.1 Å². The van der Waals surface area contributed by atoms with E-state index in [1.54, 1.807) is 0 Å². The van der Waals surface area contributed by atoms with Gasteiger partial charge in [-0.15, -0.1) is 0 Å². The molecular weight excluding hydrogens is 126 g/mol. The minimum atomic E-state index is -0.0000463. The predicted molar refractivity (Wildman–Crippen MR) is 44.5 cm³/mol. The number of hydrogen-bond donors (Lipinski definition) is 2. The van der Waals surface area contributed by atoms with Crippen molar-refractivity contribution in [2.24, 2.45) is 11.5 Å². The molecule has 0 aromatic carbocycles. The molecule has 3 nitrogen and oxygen atoms in total. The summed E-state index contributed by atoms with van der Waals surface area (Å²) >= 11 is 0. The molecule has 0 fully saturated rings. The molecular formula is C7H19N3. The monoisotopic (exact) mass is 145 g/mol. The van der Waals surface area contributed by atoms with Gasteiger partial charge in [-0.05, 0) is 20.5 Å². The molecule has 3 heteroatoms. The summed E-state index contributed by atoms with van der Waals surface area (Å²) in [7, 11) is 3.89. The smallest absolute Gasteiger partial charge is 0.0722 e. The number of hydrogen-bond acceptors (Lipinski definition) is 3. The Balaban J connectivity index is 3.58. The van der Waals surface area contributed by atoms with Crippen molar-refractivity contribution in [1.29, 1.82) is 0 Å². The zero-order valence-corrected chi connectivity index (χ0v) is 7.17. The molecule has 0 saturated carbocycles. The topological polar surface area (TPSA) is 55.3 Å². The quantitative estimate of drug-likeness (QED) is 0.546. The highest BCUT2D eigenvalue weighted by molar-refractivity contribution is 4.72. The van der Waals surface area contributed by atoms with Crippen LogP contribution >= 0.6 is 0 Å². The van der Waals surface area contributed by atoms with E-state index in [0.29, 0.717) is 0 Å². The third kappa shape index (κ3) is 3.15. The first-order valence-electron chi connectivity index (χ1n) is 3.77. The van der Waals surface area contributed by atoms with E-state index in [4.69, 9.17) is 11.5 Å². The largest absolute Gasteiger partial charge is 0.325 e. The van der Waals surface area contributed by atoms with E-state index >= 15 is 0 Å². The van der Waals surface area contributed by atoms with Crippen LogP contribution in [0.4, 0.5) is 0 Å². The zero-order chi connectivity index (χ0) is 8.15. The van der Waals surface area contributed by atoms with Crippen LogP contribution in [0.5, 0.6) is 0 Å². The molecule has 0 saturated heterocycles. The first-order valence-corrected chi connectivity index (χ1v) is 3.77. The maximum atomic E-state index is 5.76. The van der Waals surface area contributed by atoms with E-state index in [1.165, 1.54) is 0 Å². The highest BCUT2D eigenvalue weighted by atomic mass is 15.2. The molecule has 0 amide bonds. The molecule has 0 aromatic heterocycles. The van der Waals surface area contributed by atoms with Gasteiger partial charge in [0.25, 0.3) is 0 Å². The normalized spacial score (nSPS) is 17.4. The van der Waals surface area contributed by atoms with Gasteiger partial charge < -0.3 is 11.5 Å². The first-order chi connectivity index (χ1) is 4.59. The molecule has 0 spiro atoms. The van der Waals surface area contributed by atoms with Crippen LogP contribution in [-0.2, 0) is 0 Å². The molecule has 0 heterocycles. The van der Waals surface area contributed by atoms with E-state index < -0.39 is 0 Å². The van der Waals surface area contributed by atoms with Gasteiger partial charge in [0.15, 0.2) is 0 Å². The van der Waals surface area contributed by atoms with Crippen LogP contribution in [-0.4, -0.2) is 31.2 Å². The number of nitrogens with two attached hydrogens (primary N) is 2. The van der Waals surface area contributed by atoms with E-state index in [2.05, 4.69) is 6.92 Å². The number of likely N-dealkylation sites (N-methyl/N-ethyl adjacent to an activating group) is 1. The molecule has 0 bridgehead atoms. The maximum Gasteiger partial charge on any atom is 0.0722 e. The SMILES string of the molecule is CCCC(N)C(N)N(C)C. The van der Waals surface area contributed by atoms with Gasteiger partial charge in [0.05, 0.1) is 6.17 Å². The second-order valence-electron chi connectivity index (χ2n) is 2.91. The fourth-order valence-electron chi connectivity index (χ4n) is 0.887. The maximum absolute atomic E-state index is 5.76. The van der Waals surface area contributed by atoms with Crippen LogP contribution in [0, 0.1) is 0 Å². The summed E-state index contributed by atoms with van der Waals surface area (Å²) in [5.74, 6) is 0. The molecule has 0 aromatic rings. The molecule has 0 aliphatic heterocycles. The van der Waals surface area contributed by atoms with Crippen molar-refractivity contribution in [2.45, 2.75) is 32.0 Å². The fraction of sp³-hybridized carbons (Fsp3) is 1.00. The summed E-state index contributed by atoms with van der Waals surface area (Å²) < 4.78 is 0. The lowest BCUT2D eigenvalue weighted by Gasteiger charge is -2.25. The highest BCUT2D eigenvalue weighted by Gasteiger charge is 2.12. The van der Waals surface area contributed by atoms with Gasteiger partial charge >= 0.3 is 0 Å². The fourth-order valence-corrected chi connectivity index (χ4v) is 0.887. The summed E-state index contributed by atoms with van der Waals surface area (Å²) in [5.41, 5.74) is 11.5. The van der Waals surface area contributed by atoms with E-state index in [9.17, 15) is 0 Å². The lowest BCUT2D eigenvalue weighted by molar-refractivity contribution is 0.251. The van der Waals surface area contributed by atoms with Gasteiger partial charge in [0.1, 0.15) is 0 Å². The summed E-state index contributed by atoms with van der Waals surface area (Å²) in [6.07, 6.45) is 2.10. The van der Waals surface area contributed by atoms with Crippen LogP contribution < -0.4 is 11.5 Å². The van der Waals surface area contributed by atoms with Gasteiger partial charge in [-0.1, -0.05) is 13.3 Å². The second kappa shape index (κ2) is 4.66. The number of nitrogens with zero attached hydrogens (tertiary/aromatic N) is 1. The Bertz CT molecular complexity index is 82.9. The van der Waals surface area contributed by atoms with E-state index in [0.717, 1.165) is 12.8 Å². The van der Waals surface area contributed by atoms with E-state index in [1.807, 2.05) is 19.0 Å². The van der Waals surface area contributed by atoms with Gasteiger partial charge in [-0.2, -0.15) is 0 Å². The molecule has 2 unspecified atom stereocenters. The summed E-state index contributed by atoms with van der Waals surface area (Å²) in [6.45, 7) is 2.11. The standard InChI is InChI=1S/C7H19N3/c1-4-5-6(8)7(9)10(2)3/h6-7H,4-5,8-9H2,1-3H3. The van der Waals surface area contributed by atoms with Crippen molar-refractivity contribution in [3.05, 3.63) is 0 Å². The molecule has 0 radical (unpaired) electrons. The Morgan fingerprint density at radius 1 is 1.30 bits per heavy atom. The van der Waals surface area contributed by atoms with Crippen LogP contribution in [0.1, 0.15) is 19.8 Å². The minimum absolute atomic E-state index is 0.0000463. The Morgan fingerprint density at radius 3 is 2.10 bits per heavy atom. The second-order valence-corrected chi connectivity index (χ2v) is 2.91. The van der Waals surface area contributed by atoms with Crippen LogP contribution in [0.3, 0.4) is 0 Å². The summed E-state index contributed by atoms with van der Waals surface area (Å²) in [4.78, 5) is 1.94. The Labute approximate surface area is 63.4 Å². The lowest BCUT2D eigenvalue weighted by Crippen LogP contribution is -2.50. The minimum Gasteiger partial charge on any atom is -0.325 e. The van der Waals surface area contributed by atoms with Crippen LogP contribution in [0.15, 0.2) is 0 Å². The Morgan fingerprint density at radius 2 is 1.80 bits per heavy atom. The zero-order valence-electron chi connectivity index (χ0n) is 7.17. The highest BCUT2D eigenvalue weighted by Crippen LogP contribution is 1.98. The van der Waals surface area contributed by atoms with Gasteiger partial charge in [0, 0.05) is 6.04 Å². The van der Waals surface area contributed by atoms with Gasteiger partial charge in [-0.25, -0.2) is 0 Å². The van der Waals surface area contributed by atoms with Crippen molar-refractivity contribution in [3.63, 3.8) is 0 Å². The molecule has 2 atom stereocenters. The van der Waals surface area contributed by atoms with Gasteiger partial charge in [-0.3, -0.25) is 4.90 Å². The average Bonchev–Trinajstić information content (AvgIpc) is 1.87. The number of rotatable bonds is 4. The van der Waals surface area contributed by atoms with E-state index in [-0.39, 0.29) is 12.2 Å². The van der Waals surface area contributed by atoms with Crippen LogP contribution in [0.2, 0.25) is 0 Å². The first kappa shape index (κ1) is 9.88. The molecule has 0 rings (SSSR count). The van der Waals surface area contributed by atoms with Crippen molar-refractivity contribution >= 4 is 0 Å². The van der Waals surface area contributed by atoms with Gasteiger partial charge in [0.2, 0.25) is 0 Å². The van der Waals surface area contributed by atoms with Crippen molar-refractivity contribution in [1.82, 2.24) is 4.90 Å². The Hall–Kier alpha value is -0.120. The van der Waals surface area contributed by atoms with Crippen molar-refractivity contribution in [3.8, 4) is 0 Å². The third-order valence-electron chi connectivity index (χ3n) is 1.66. The molecule has 4 N–H and O–H groups in total. The lowest BCUT2D eigenvalue weighted by atomic mass is 10.1. The average molecular weight is 145 g/mol. The Kier molecular flexibility index (Phi) is 4.60. The summed E-state index contributed by atoms with van der Waals surface area (Å²) in [5, 5.41) is 0. The molecule has 0 aliphatic carbocycles. The molecule has 10 heavy (non-hydrogen) atoms. The predicted octanol–water partition coefficient (Wildman–Crippen LogP) is -0.0398. The molecule has 62 valence electrons. The summed E-state index contributed by atoms with van der Waals surface area (Å²) in [6, 6.07) is 0.111. The van der Waals surface area contributed by atoms with Crippen molar-refractivity contribution < 1.29 is 0 Å². The van der Waals surface area contributed by atoms with Crippen LogP contribution in [0.25, 0.3) is 0 Å². The third-order valence-corrected chi connectivity index (χ3v) is 1.66. The molecule has 0 aliphatic rings.